The molecule has 146 valence electrons. The average molecular weight is 411 g/mol. The van der Waals surface area contributed by atoms with E-state index in [4.69, 9.17) is 5.21 Å². The van der Waals surface area contributed by atoms with Gasteiger partial charge in [-0.15, -0.1) is 24.8 Å². The second kappa shape index (κ2) is 11.6. The maximum atomic E-state index is 11.0. The van der Waals surface area contributed by atoms with Crippen LogP contribution < -0.4 is 10.8 Å². The molecule has 3 rings (SSSR count). The number of nitrogens with one attached hydrogen (secondary N) is 2. The Morgan fingerprint density at radius 1 is 1.22 bits per heavy atom. The van der Waals surface area contributed by atoms with Crippen LogP contribution in [0.15, 0.2) is 54.7 Å². The van der Waals surface area contributed by atoms with Gasteiger partial charge in [0.15, 0.2) is 0 Å². The van der Waals surface area contributed by atoms with E-state index in [9.17, 15) is 4.79 Å². The van der Waals surface area contributed by atoms with Gasteiger partial charge in [-0.2, -0.15) is 0 Å². The number of carbonyl (C=O) groups is 1. The van der Waals surface area contributed by atoms with Crippen molar-refractivity contribution in [3.63, 3.8) is 0 Å². The van der Waals surface area contributed by atoms with Crippen LogP contribution in [-0.2, 0) is 11.3 Å². The number of rotatable bonds is 6. The Kier molecular flexibility index (Phi) is 9.82. The van der Waals surface area contributed by atoms with Crippen LogP contribution in [-0.4, -0.2) is 40.1 Å². The van der Waals surface area contributed by atoms with E-state index in [-0.39, 0.29) is 24.8 Å². The molecule has 1 saturated heterocycles. The van der Waals surface area contributed by atoms with Gasteiger partial charge in [-0.1, -0.05) is 30.3 Å². The molecule has 1 aromatic carbocycles. The van der Waals surface area contributed by atoms with Gasteiger partial charge in [-0.05, 0) is 35.8 Å². The third-order valence-corrected chi connectivity index (χ3v) is 4.20. The molecule has 0 spiro atoms. The first kappa shape index (κ1) is 22.9. The third-order valence-electron chi connectivity index (χ3n) is 4.20. The van der Waals surface area contributed by atoms with Crippen LogP contribution in [0.4, 0.5) is 5.82 Å². The lowest BCUT2D eigenvalue weighted by Gasteiger charge is -2.17. The van der Waals surface area contributed by atoms with Gasteiger partial charge < -0.3 is 5.32 Å². The minimum absolute atomic E-state index is 0. The minimum Gasteiger partial charge on any atom is -0.366 e. The number of hydrogen-bond acceptors (Lipinski definition) is 5. The molecule has 0 saturated carbocycles. The quantitative estimate of drug-likeness (QED) is 0.387. The van der Waals surface area contributed by atoms with Crippen molar-refractivity contribution in [1.82, 2.24) is 15.4 Å². The molecular formula is C19H24Cl2N4O2. The van der Waals surface area contributed by atoms with Gasteiger partial charge in [-0.3, -0.25) is 14.9 Å². The minimum atomic E-state index is -0.563. The average Bonchev–Trinajstić information content (AvgIpc) is 3.08. The van der Waals surface area contributed by atoms with E-state index >= 15 is 0 Å². The highest BCUT2D eigenvalue weighted by atomic mass is 35.5. The number of anilines is 1. The fraction of sp³-hybridized carbons (Fsp3) is 0.263. The summed E-state index contributed by atoms with van der Waals surface area (Å²) >= 11 is 0. The summed E-state index contributed by atoms with van der Waals surface area (Å²) in [6, 6.07) is 14.7. The summed E-state index contributed by atoms with van der Waals surface area (Å²) in [5.41, 5.74) is 3.69. The van der Waals surface area contributed by atoms with Crippen molar-refractivity contribution in [2.24, 2.45) is 0 Å². The highest BCUT2D eigenvalue weighted by Gasteiger charge is 2.22. The van der Waals surface area contributed by atoms with Crippen LogP contribution in [0.3, 0.4) is 0 Å². The maximum Gasteiger partial charge on any atom is 0.267 e. The summed E-state index contributed by atoms with van der Waals surface area (Å²) in [4.78, 5) is 17.8. The van der Waals surface area contributed by atoms with Gasteiger partial charge >= 0.3 is 0 Å². The zero-order valence-electron chi connectivity index (χ0n) is 14.7. The van der Waals surface area contributed by atoms with E-state index in [1.54, 1.807) is 17.8 Å². The second-order valence-corrected chi connectivity index (χ2v) is 6.14. The van der Waals surface area contributed by atoms with E-state index in [0.717, 1.165) is 37.4 Å². The predicted molar refractivity (Wildman–Crippen MR) is 111 cm³/mol. The number of nitrogens with zero attached hydrogens (tertiary/aromatic N) is 2. The number of pyridine rings is 1. The molecule has 2 aromatic rings. The Morgan fingerprint density at radius 3 is 2.67 bits per heavy atom. The van der Waals surface area contributed by atoms with Crippen molar-refractivity contribution >= 4 is 42.6 Å². The normalized spacial score (nSPS) is 16.4. The van der Waals surface area contributed by atoms with Gasteiger partial charge in [-0.25, -0.2) is 10.5 Å². The van der Waals surface area contributed by atoms with Crippen LogP contribution >= 0.6 is 24.8 Å². The summed E-state index contributed by atoms with van der Waals surface area (Å²) in [5.74, 6) is 0.266. The molecule has 8 heteroatoms. The van der Waals surface area contributed by atoms with Crippen molar-refractivity contribution in [2.75, 3.05) is 18.4 Å². The summed E-state index contributed by atoms with van der Waals surface area (Å²) in [6.07, 6.45) is 5.63. The number of hydrogen-bond donors (Lipinski definition) is 3. The Balaban J connectivity index is 0.00000182. The first-order valence-electron chi connectivity index (χ1n) is 8.34. The molecule has 1 unspecified atom stereocenters. The molecule has 0 bridgehead atoms. The molecule has 0 radical (unpaired) electrons. The molecule has 1 atom stereocenters. The molecule has 27 heavy (non-hydrogen) atoms. The lowest BCUT2D eigenvalue weighted by Crippen LogP contribution is -2.26. The predicted octanol–water partition coefficient (Wildman–Crippen LogP) is 3.13. The molecule has 6 nitrogen and oxygen atoms in total. The topological polar surface area (TPSA) is 77.5 Å². The lowest BCUT2D eigenvalue weighted by atomic mass is 10.2. The number of hydroxylamine groups is 1. The van der Waals surface area contributed by atoms with E-state index in [1.807, 2.05) is 18.2 Å². The number of aromatic nitrogens is 1. The van der Waals surface area contributed by atoms with E-state index < -0.39 is 5.91 Å². The van der Waals surface area contributed by atoms with Gasteiger partial charge in [0.25, 0.3) is 5.91 Å². The SMILES string of the molecule is Cl.Cl.O=C(C=Cc1ccc(NC2CCN(Cc3ccccc3)C2)nc1)NO. The fourth-order valence-electron chi connectivity index (χ4n) is 2.94. The molecule has 1 aliphatic heterocycles. The van der Waals surface area contributed by atoms with E-state index in [1.165, 1.54) is 11.6 Å². The molecule has 1 aromatic heterocycles. The Morgan fingerprint density at radius 2 is 2.00 bits per heavy atom. The zero-order chi connectivity index (χ0) is 17.5. The smallest absolute Gasteiger partial charge is 0.267 e. The molecule has 1 fully saturated rings. The fourth-order valence-corrected chi connectivity index (χ4v) is 2.94. The first-order valence-corrected chi connectivity index (χ1v) is 8.34. The van der Waals surface area contributed by atoms with Crippen molar-refractivity contribution < 1.29 is 10.0 Å². The highest BCUT2D eigenvalue weighted by Crippen LogP contribution is 2.17. The van der Waals surface area contributed by atoms with Crippen molar-refractivity contribution in [1.29, 1.82) is 0 Å². The number of likely N-dealkylation sites (tertiary alicyclic amines) is 1. The largest absolute Gasteiger partial charge is 0.366 e. The van der Waals surface area contributed by atoms with E-state index in [2.05, 4.69) is 39.5 Å². The van der Waals surface area contributed by atoms with Crippen molar-refractivity contribution in [3.8, 4) is 0 Å². The Hall–Kier alpha value is -2.12. The van der Waals surface area contributed by atoms with Crippen molar-refractivity contribution in [2.45, 2.75) is 19.0 Å². The third kappa shape index (κ3) is 7.19. The number of benzene rings is 1. The van der Waals surface area contributed by atoms with Gasteiger partial charge in [0.05, 0.1) is 0 Å². The Bertz CT molecular complexity index is 726. The van der Waals surface area contributed by atoms with Gasteiger partial charge in [0.2, 0.25) is 0 Å². The van der Waals surface area contributed by atoms with Crippen molar-refractivity contribution in [3.05, 3.63) is 65.9 Å². The molecule has 0 aliphatic carbocycles. The number of halogens is 2. The summed E-state index contributed by atoms with van der Waals surface area (Å²) in [7, 11) is 0. The van der Waals surface area contributed by atoms with Gasteiger partial charge in [0, 0.05) is 37.9 Å². The van der Waals surface area contributed by atoms with Crippen LogP contribution in [0.25, 0.3) is 6.08 Å². The summed E-state index contributed by atoms with van der Waals surface area (Å²) in [5, 5.41) is 11.9. The molecular weight excluding hydrogens is 387 g/mol. The number of amides is 1. The first-order chi connectivity index (χ1) is 12.2. The monoisotopic (exact) mass is 410 g/mol. The van der Waals surface area contributed by atoms with Crippen LogP contribution in [0.5, 0.6) is 0 Å². The second-order valence-electron chi connectivity index (χ2n) is 6.14. The molecule has 1 aliphatic rings. The van der Waals surface area contributed by atoms with Gasteiger partial charge in [0.1, 0.15) is 5.82 Å². The lowest BCUT2D eigenvalue weighted by molar-refractivity contribution is -0.124. The number of carbonyl (C=O) groups excluding carboxylic acids is 1. The summed E-state index contributed by atoms with van der Waals surface area (Å²) < 4.78 is 0. The Labute approximate surface area is 171 Å². The van der Waals surface area contributed by atoms with E-state index in [0.29, 0.717) is 6.04 Å². The molecule has 1 amide bonds. The zero-order valence-corrected chi connectivity index (χ0v) is 16.4. The van der Waals surface area contributed by atoms with Crippen LogP contribution in [0.1, 0.15) is 17.5 Å². The standard InChI is InChI=1S/C19H22N4O2.2ClH/c24-19(22-25)9-7-15-6-8-18(20-12-15)21-17-10-11-23(14-17)13-16-4-2-1-3-5-16;;/h1-9,12,17,25H,10-11,13-14H2,(H,20,21)(H,22,24);2*1H. The van der Waals surface area contributed by atoms with Crippen LogP contribution in [0.2, 0.25) is 0 Å². The summed E-state index contributed by atoms with van der Waals surface area (Å²) in [6.45, 7) is 3.04. The molecule has 2 heterocycles. The highest BCUT2D eigenvalue weighted by molar-refractivity contribution is 5.90. The van der Waals surface area contributed by atoms with Crippen LogP contribution in [0, 0.1) is 0 Å². The molecule has 3 N–H and O–H groups in total. The maximum absolute atomic E-state index is 11.0.